The Kier molecular flexibility index (Phi) is 4.27. The lowest BCUT2D eigenvalue weighted by Crippen LogP contribution is -2.30. The second kappa shape index (κ2) is 5.22. The molecule has 1 aromatic heterocycles. The third-order valence-corrected chi connectivity index (χ3v) is 7.16. The molecule has 0 radical (unpaired) electrons. The number of aryl methyl sites for hydroxylation is 1. The molecule has 2 atom stereocenters. The molecule has 0 spiro atoms. The van der Waals surface area contributed by atoms with Gasteiger partial charge >= 0.3 is 0 Å². The number of hydrogen-bond donors (Lipinski definition) is 0. The molecule has 17 heavy (non-hydrogen) atoms. The summed E-state index contributed by atoms with van der Waals surface area (Å²) >= 11 is 11.8. The molecule has 0 saturated heterocycles. The van der Waals surface area contributed by atoms with Crippen LogP contribution in [0.2, 0.25) is 4.34 Å². The van der Waals surface area contributed by atoms with E-state index in [0.717, 1.165) is 10.3 Å². The van der Waals surface area contributed by atoms with Crippen LogP contribution < -0.4 is 0 Å². The summed E-state index contributed by atoms with van der Waals surface area (Å²) in [6, 6.07) is 2.25. The topological polar surface area (TPSA) is 0 Å². The van der Waals surface area contributed by atoms with Crippen LogP contribution in [0.5, 0.6) is 0 Å². The molecule has 2 unspecified atom stereocenters. The number of thiophene rings is 1. The van der Waals surface area contributed by atoms with Gasteiger partial charge in [0.1, 0.15) is 0 Å². The van der Waals surface area contributed by atoms with Crippen molar-refractivity contribution in [3.63, 3.8) is 0 Å². The third kappa shape index (κ3) is 2.90. The summed E-state index contributed by atoms with van der Waals surface area (Å²) in [5.74, 6) is 0.727. The van der Waals surface area contributed by atoms with Crippen LogP contribution in [0.25, 0.3) is 0 Å². The first-order chi connectivity index (χ1) is 7.92. The van der Waals surface area contributed by atoms with Crippen LogP contribution in [0.3, 0.4) is 0 Å². The fourth-order valence-electron chi connectivity index (χ4n) is 2.88. The van der Waals surface area contributed by atoms with Crippen molar-refractivity contribution < 1.29 is 0 Å². The number of alkyl halides is 1. The van der Waals surface area contributed by atoms with Gasteiger partial charge in [0.05, 0.1) is 9.16 Å². The molecule has 0 aromatic carbocycles. The predicted octanol–water partition coefficient (Wildman–Crippen LogP) is 6.36. The van der Waals surface area contributed by atoms with Gasteiger partial charge in [0, 0.05) is 4.88 Å². The molecular formula is C14H20BrClS. The Morgan fingerprint density at radius 1 is 1.47 bits per heavy atom. The van der Waals surface area contributed by atoms with E-state index in [0.29, 0.717) is 10.2 Å². The van der Waals surface area contributed by atoms with Crippen LogP contribution in [0.4, 0.5) is 0 Å². The highest BCUT2D eigenvalue weighted by molar-refractivity contribution is 9.09. The largest absolute Gasteiger partial charge is 0.127 e. The van der Waals surface area contributed by atoms with E-state index in [2.05, 4.69) is 42.8 Å². The molecule has 1 fully saturated rings. The maximum atomic E-state index is 6.18. The van der Waals surface area contributed by atoms with Gasteiger partial charge in [-0.2, -0.15) is 0 Å². The Hall–Kier alpha value is 0.470. The highest BCUT2D eigenvalue weighted by Crippen LogP contribution is 2.51. The maximum Gasteiger partial charge on any atom is 0.0960 e. The normalized spacial score (nSPS) is 25.8. The van der Waals surface area contributed by atoms with Crippen molar-refractivity contribution in [2.75, 3.05) is 0 Å². The zero-order valence-electron chi connectivity index (χ0n) is 10.7. The molecule has 2 rings (SSSR count). The van der Waals surface area contributed by atoms with E-state index in [1.807, 2.05) is 0 Å². The summed E-state index contributed by atoms with van der Waals surface area (Å²) in [6.45, 7) is 6.91. The molecule has 0 aliphatic heterocycles. The lowest BCUT2D eigenvalue weighted by atomic mass is 9.67. The van der Waals surface area contributed by atoms with Crippen LogP contribution in [0, 0.1) is 18.3 Å². The predicted molar refractivity (Wildman–Crippen MR) is 81.5 cm³/mol. The molecule has 1 saturated carbocycles. The standard InChI is InChI=1S/C14H20BrClS/c1-9-8-11(17-13(9)16)12(15)10-6-4-5-7-14(10,2)3/h8,10,12H,4-7H2,1-3H3. The van der Waals surface area contributed by atoms with Gasteiger partial charge in [-0.25, -0.2) is 0 Å². The third-order valence-electron chi connectivity index (χ3n) is 4.09. The van der Waals surface area contributed by atoms with Crippen molar-refractivity contribution >= 4 is 38.9 Å². The minimum atomic E-state index is 0.441. The fraction of sp³-hybridized carbons (Fsp3) is 0.714. The second-order valence-electron chi connectivity index (χ2n) is 5.85. The molecule has 3 heteroatoms. The van der Waals surface area contributed by atoms with E-state index >= 15 is 0 Å². The molecule has 1 aromatic rings. The average Bonchev–Trinajstić information content (AvgIpc) is 2.58. The van der Waals surface area contributed by atoms with Gasteiger partial charge in [-0.05, 0) is 42.7 Å². The van der Waals surface area contributed by atoms with Gasteiger partial charge in [-0.3, -0.25) is 0 Å². The lowest BCUT2D eigenvalue weighted by molar-refractivity contribution is 0.137. The van der Waals surface area contributed by atoms with Crippen molar-refractivity contribution in [3.8, 4) is 0 Å². The summed E-state index contributed by atoms with van der Waals surface area (Å²) in [4.78, 5) is 1.86. The summed E-state index contributed by atoms with van der Waals surface area (Å²) < 4.78 is 0.943. The number of halogens is 2. The van der Waals surface area contributed by atoms with E-state index in [4.69, 9.17) is 11.6 Å². The minimum absolute atomic E-state index is 0.441. The molecule has 0 N–H and O–H groups in total. The highest BCUT2D eigenvalue weighted by Gasteiger charge is 2.37. The van der Waals surface area contributed by atoms with Gasteiger partial charge in [-0.15, -0.1) is 11.3 Å². The van der Waals surface area contributed by atoms with Crippen molar-refractivity contribution in [2.45, 2.75) is 51.3 Å². The van der Waals surface area contributed by atoms with E-state index in [1.165, 1.54) is 36.1 Å². The Balaban J connectivity index is 2.21. The first kappa shape index (κ1) is 13.9. The Morgan fingerprint density at radius 2 is 2.18 bits per heavy atom. The van der Waals surface area contributed by atoms with Gasteiger partial charge < -0.3 is 0 Å². The molecule has 1 aliphatic rings. The van der Waals surface area contributed by atoms with Gasteiger partial charge in [0.25, 0.3) is 0 Å². The van der Waals surface area contributed by atoms with Gasteiger partial charge in [0.2, 0.25) is 0 Å². The zero-order chi connectivity index (χ0) is 12.6. The molecule has 96 valence electrons. The molecule has 1 aliphatic carbocycles. The molecule has 0 nitrogen and oxygen atoms in total. The van der Waals surface area contributed by atoms with E-state index in [9.17, 15) is 0 Å². The number of rotatable bonds is 2. The summed E-state index contributed by atoms with van der Waals surface area (Å²) in [5.41, 5.74) is 1.65. The minimum Gasteiger partial charge on any atom is -0.127 e. The average molecular weight is 336 g/mol. The lowest BCUT2D eigenvalue weighted by Gasteiger charge is -2.41. The van der Waals surface area contributed by atoms with Crippen LogP contribution >= 0.6 is 38.9 Å². The van der Waals surface area contributed by atoms with Crippen molar-refractivity contribution in [1.29, 1.82) is 0 Å². The molecule has 0 amide bonds. The van der Waals surface area contributed by atoms with Gasteiger partial charge in [-0.1, -0.05) is 54.2 Å². The summed E-state index contributed by atoms with van der Waals surface area (Å²) in [6.07, 6.45) is 5.43. The Labute approximate surface area is 122 Å². The van der Waals surface area contributed by atoms with Crippen LogP contribution in [0.15, 0.2) is 6.07 Å². The highest BCUT2D eigenvalue weighted by atomic mass is 79.9. The molecular weight excluding hydrogens is 316 g/mol. The quantitative estimate of drug-likeness (QED) is 0.551. The van der Waals surface area contributed by atoms with E-state index < -0.39 is 0 Å². The Bertz CT molecular complexity index is 377. The summed E-state index contributed by atoms with van der Waals surface area (Å²) in [5, 5.41) is 0. The first-order valence-corrected chi connectivity index (χ1v) is 8.43. The Morgan fingerprint density at radius 3 is 2.71 bits per heavy atom. The molecule has 0 bridgehead atoms. The van der Waals surface area contributed by atoms with Crippen molar-refractivity contribution in [1.82, 2.24) is 0 Å². The van der Waals surface area contributed by atoms with Crippen LogP contribution in [-0.2, 0) is 0 Å². The maximum absolute atomic E-state index is 6.18. The second-order valence-corrected chi connectivity index (χ2v) is 8.52. The van der Waals surface area contributed by atoms with E-state index in [-0.39, 0.29) is 0 Å². The van der Waals surface area contributed by atoms with E-state index in [1.54, 1.807) is 11.3 Å². The van der Waals surface area contributed by atoms with Crippen LogP contribution in [0.1, 0.15) is 54.8 Å². The SMILES string of the molecule is Cc1cc(C(Br)C2CCCCC2(C)C)sc1Cl. The number of hydrogen-bond acceptors (Lipinski definition) is 1. The van der Waals surface area contributed by atoms with Crippen LogP contribution in [-0.4, -0.2) is 0 Å². The first-order valence-electron chi connectivity index (χ1n) is 6.32. The monoisotopic (exact) mass is 334 g/mol. The van der Waals surface area contributed by atoms with Crippen molar-refractivity contribution in [3.05, 3.63) is 20.8 Å². The summed E-state index contributed by atoms with van der Waals surface area (Å²) in [7, 11) is 0. The zero-order valence-corrected chi connectivity index (χ0v) is 13.9. The smallest absolute Gasteiger partial charge is 0.0960 e. The molecule has 1 heterocycles. The van der Waals surface area contributed by atoms with Gasteiger partial charge in [0.15, 0.2) is 0 Å². The van der Waals surface area contributed by atoms with Crippen molar-refractivity contribution in [2.24, 2.45) is 11.3 Å². The fourth-order valence-corrected chi connectivity index (χ4v) is 5.53.